The average molecular weight is 419 g/mol. The predicted molar refractivity (Wildman–Crippen MR) is 111 cm³/mol. The summed E-state index contributed by atoms with van der Waals surface area (Å²) in [7, 11) is 1.78. The van der Waals surface area contributed by atoms with Crippen LogP contribution in [-0.4, -0.2) is 55.0 Å². The summed E-state index contributed by atoms with van der Waals surface area (Å²) in [5.74, 6) is 1.34. The van der Waals surface area contributed by atoms with Gasteiger partial charge in [0, 0.05) is 17.6 Å². The zero-order valence-electron chi connectivity index (χ0n) is 16.9. The van der Waals surface area contributed by atoms with Crippen molar-refractivity contribution in [2.24, 2.45) is 5.92 Å². The number of likely N-dealkylation sites (N-methyl/N-ethyl adjacent to an activating group) is 1. The molecule has 1 aliphatic heterocycles. The molecule has 3 rings (SSSR count). The van der Waals surface area contributed by atoms with Gasteiger partial charge in [0.25, 0.3) is 0 Å². The number of ether oxygens (including phenoxy) is 1. The number of furan rings is 1. The summed E-state index contributed by atoms with van der Waals surface area (Å²) >= 11 is 5.92. The second-order valence-corrected chi connectivity index (χ2v) is 7.76. The third-order valence-corrected chi connectivity index (χ3v) is 5.43. The first-order valence-corrected chi connectivity index (χ1v) is 10.3. The number of halogens is 1. The van der Waals surface area contributed by atoms with Gasteiger partial charge in [-0.25, -0.2) is 0 Å². The highest BCUT2D eigenvalue weighted by molar-refractivity contribution is 6.30. The highest BCUT2D eigenvalue weighted by Crippen LogP contribution is 2.24. The molecule has 1 aliphatic rings. The number of rotatable bonds is 7. The van der Waals surface area contributed by atoms with E-state index < -0.39 is 0 Å². The molecule has 156 valence electrons. The number of benzene rings is 1. The van der Waals surface area contributed by atoms with Gasteiger partial charge >= 0.3 is 5.97 Å². The number of piperidine rings is 1. The number of nitrogens with zero attached hydrogens (tertiary/aromatic N) is 2. The number of carbonyl (C=O) groups is 2. The molecule has 0 radical (unpaired) electrons. The number of carbonyl (C=O) groups excluding carboxylic acids is 2. The summed E-state index contributed by atoms with van der Waals surface area (Å²) in [5.41, 5.74) is 0.944. The minimum Gasteiger partial charge on any atom is -0.466 e. The topological polar surface area (TPSA) is 63.0 Å². The van der Waals surface area contributed by atoms with E-state index in [1.54, 1.807) is 11.9 Å². The van der Waals surface area contributed by atoms with Gasteiger partial charge in [0.2, 0.25) is 5.91 Å². The Kier molecular flexibility index (Phi) is 7.34. The third-order valence-electron chi connectivity index (χ3n) is 5.18. The van der Waals surface area contributed by atoms with Crippen LogP contribution in [0.2, 0.25) is 5.02 Å². The Bertz CT molecular complexity index is 826. The molecule has 2 aromatic rings. The summed E-state index contributed by atoms with van der Waals surface area (Å²) in [6.45, 7) is 4.44. The Morgan fingerprint density at radius 3 is 2.52 bits per heavy atom. The van der Waals surface area contributed by atoms with Crippen molar-refractivity contribution in [1.29, 1.82) is 0 Å². The first kappa shape index (κ1) is 21.4. The number of hydrogen-bond donors (Lipinski definition) is 0. The van der Waals surface area contributed by atoms with E-state index in [1.165, 1.54) is 0 Å². The molecular weight excluding hydrogens is 392 g/mol. The number of esters is 1. The zero-order chi connectivity index (χ0) is 20.8. The van der Waals surface area contributed by atoms with Gasteiger partial charge in [-0.2, -0.15) is 0 Å². The van der Waals surface area contributed by atoms with Gasteiger partial charge in [-0.1, -0.05) is 11.6 Å². The molecule has 0 bridgehead atoms. The maximum atomic E-state index is 12.6. The zero-order valence-corrected chi connectivity index (χ0v) is 17.7. The maximum Gasteiger partial charge on any atom is 0.309 e. The van der Waals surface area contributed by atoms with Crippen LogP contribution in [0.3, 0.4) is 0 Å². The lowest BCUT2D eigenvalue weighted by Gasteiger charge is -2.31. The maximum absolute atomic E-state index is 12.6. The van der Waals surface area contributed by atoms with Crippen molar-refractivity contribution in [2.75, 3.05) is 33.3 Å². The lowest BCUT2D eigenvalue weighted by Crippen LogP contribution is -2.43. The molecule has 7 heteroatoms. The van der Waals surface area contributed by atoms with Crippen molar-refractivity contribution in [3.63, 3.8) is 0 Å². The van der Waals surface area contributed by atoms with E-state index in [1.807, 2.05) is 43.3 Å². The van der Waals surface area contributed by atoms with Crippen LogP contribution in [0.1, 0.15) is 25.5 Å². The van der Waals surface area contributed by atoms with E-state index in [9.17, 15) is 9.59 Å². The molecule has 1 fully saturated rings. The summed E-state index contributed by atoms with van der Waals surface area (Å²) in [6, 6.07) is 11.2. The Labute approximate surface area is 176 Å². The number of hydrogen-bond acceptors (Lipinski definition) is 5. The molecule has 0 saturated carbocycles. The van der Waals surface area contributed by atoms with Crippen molar-refractivity contribution in [3.05, 3.63) is 47.2 Å². The van der Waals surface area contributed by atoms with E-state index in [0.29, 0.717) is 24.7 Å². The summed E-state index contributed by atoms with van der Waals surface area (Å²) in [4.78, 5) is 28.2. The fraction of sp³-hybridized carbons (Fsp3) is 0.455. The molecule has 0 aliphatic carbocycles. The summed E-state index contributed by atoms with van der Waals surface area (Å²) in [6.07, 6.45) is 1.47. The van der Waals surface area contributed by atoms with Crippen LogP contribution < -0.4 is 0 Å². The van der Waals surface area contributed by atoms with Gasteiger partial charge in [-0.05, 0) is 69.3 Å². The van der Waals surface area contributed by atoms with Crippen LogP contribution in [0.15, 0.2) is 40.8 Å². The molecule has 1 aromatic heterocycles. The molecule has 0 atom stereocenters. The van der Waals surface area contributed by atoms with Gasteiger partial charge in [-0.15, -0.1) is 0 Å². The first-order valence-electron chi connectivity index (χ1n) is 9.94. The fourth-order valence-corrected chi connectivity index (χ4v) is 3.58. The monoisotopic (exact) mass is 418 g/mol. The smallest absolute Gasteiger partial charge is 0.309 e. The highest BCUT2D eigenvalue weighted by Gasteiger charge is 2.27. The lowest BCUT2D eigenvalue weighted by molar-refractivity contribution is -0.149. The van der Waals surface area contributed by atoms with Crippen LogP contribution in [0.4, 0.5) is 0 Å². The van der Waals surface area contributed by atoms with E-state index in [4.69, 9.17) is 20.8 Å². The molecule has 0 spiro atoms. The Balaban J connectivity index is 1.48. The van der Waals surface area contributed by atoms with Gasteiger partial charge in [-0.3, -0.25) is 14.5 Å². The van der Waals surface area contributed by atoms with Crippen molar-refractivity contribution in [3.8, 4) is 11.3 Å². The summed E-state index contributed by atoms with van der Waals surface area (Å²) < 4.78 is 11.0. The second kappa shape index (κ2) is 9.94. The molecule has 6 nitrogen and oxygen atoms in total. The normalized spacial score (nSPS) is 15.3. The second-order valence-electron chi connectivity index (χ2n) is 7.33. The molecule has 1 amide bonds. The van der Waals surface area contributed by atoms with E-state index in [2.05, 4.69) is 4.90 Å². The number of likely N-dealkylation sites (tertiary alicyclic amines) is 1. The van der Waals surface area contributed by atoms with Crippen molar-refractivity contribution in [1.82, 2.24) is 9.80 Å². The molecule has 0 unspecified atom stereocenters. The standard InChI is InChI=1S/C22H27ClN2O4/c1-3-28-22(27)17-10-12-25(13-11-17)15-21(26)24(2)14-19-8-9-20(29-19)16-4-6-18(23)7-5-16/h4-9,17H,3,10-15H2,1-2H3. The minimum atomic E-state index is -0.120. The SMILES string of the molecule is CCOC(=O)C1CCN(CC(=O)N(C)Cc2ccc(-c3ccc(Cl)cc3)o2)CC1. The van der Waals surface area contributed by atoms with Crippen molar-refractivity contribution < 1.29 is 18.7 Å². The molecule has 1 aromatic carbocycles. The molecule has 0 N–H and O–H groups in total. The number of amides is 1. The molecule has 1 saturated heterocycles. The van der Waals surface area contributed by atoms with Gasteiger partial charge < -0.3 is 14.1 Å². The Hall–Kier alpha value is -2.31. The van der Waals surface area contributed by atoms with Crippen LogP contribution in [0.25, 0.3) is 11.3 Å². The molecule has 2 heterocycles. The lowest BCUT2D eigenvalue weighted by atomic mass is 9.97. The third kappa shape index (κ3) is 5.84. The molecule has 29 heavy (non-hydrogen) atoms. The van der Waals surface area contributed by atoms with Gasteiger partial charge in [0.05, 0.1) is 25.6 Å². The van der Waals surface area contributed by atoms with Gasteiger partial charge in [0.1, 0.15) is 11.5 Å². The van der Waals surface area contributed by atoms with E-state index in [-0.39, 0.29) is 17.8 Å². The largest absolute Gasteiger partial charge is 0.466 e. The fourth-order valence-electron chi connectivity index (χ4n) is 3.45. The van der Waals surface area contributed by atoms with E-state index in [0.717, 1.165) is 43.0 Å². The van der Waals surface area contributed by atoms with Crippen LogP contribution >= 0.6 is 11.6 Å². The predicted octanol–water partition coefficient (Wildman–Crippen LogP) is 3.83. The van der Waals surface area contributed by atoms with Crippen LogP contribution in [0.5, 0.6) is 0 Å². The highest BCUT2D eigenvalue weighted by atomic mass is 35.5. The van der Waals surface area contributed by atoms with Crippen molar-refractivity contribution >= 4 is 23.5 Å². The minimum absolute atomic E-state index is 0.0315. The van der Waals surface area contributed by atoms with Crippen LogP contribution in [0, 0.1) is 5.92 Å². The quantitative estimate of drug-likeness (QED) is 0.639. The Morgan fingerprint density at radius 1 is 1.17 bits per heavy atom. The van der Waals surface area contributed by atoms with Crippen molar-refractivity contribution in [2.45, 2.75) is 26.3 Å². The average Bonchev–Trinajstić information content (AvgIpc) is 3.17. The van der Waals surface area contributed by atoms with E-state index >= 15 is 0 Å². The Morgan fingerprint density at radius 2 is 1.86 bits per heavy atom. The van der Waals surface area contributed by atoms with Crippen LogP contribution in [-0.2, 0) is 20.9 Å². The molecular formula is C22H27ClN2O4. The van der Waals surface area contributed by atoms with Gasteiger partial charge in [0.15, 0.2) is 0 Å². The summed E-state index contributed by atoms with van der Waals surface area (Å²) in [5, 5.41) is 0.678. The first-order chi connectivity index (χ1) is 14.0.